The molecule has 104 valence electrons. The Hall–Kier alpha value is -0.920. The molecule has 1 fully saturated rings. The minimum atomic E-state index is 1.17. The van der Waals surface area contributed by atoms with Crippen molar-refractivity contribution in [3.05, 3.63) is 24.0 Å². The Morgan fingerprint density at radius 2 is 1.67 bits per heavy atom. The lowest BCUT2D eigenvalue weighted by atomic mass is 10.1. The SMILES string of the molecule is C/C=C/C=C(/N(CCC)CCC)N1CCCCC1. The molecule has 0 aromatic carbocycles. The van der Waals surface area contributed by atoms with Crippen LogP contribution in [-0.2, 0) is 0 Å². The van der Waals surface area contributed by atoms with Crippen LogP contribution >= 0.6 is 0 Å². The van der Waals surface area contributed by atoms with Gasteiger partial charge in [-0.3, -0.25) is 0 Å². The van der Waals surface area contributed by atoms with Gasteiger partial charge in [-0.1, -0.05) is 26.0 Å². The monoisotopic (exact) mass is 250 g/mol. The van der Waals surface area contributed by atoms with E-state index in [1.165, 1.54) is 64.1 Å². The second-order valence-corrected chi connectivity index (χ2v) is 5.09. The van der Waals surface area contributed by atoms with E-state index in [2.05, 4.69) is 48.8 Å². The van der Waals surface area contributed by atoms with Crippen molar-refractivity contribution in [2.75, 3.05) is 26.2 Å². The maximum absolute atomic E-state index is 2.58. The van der Waals surface area contributed by atoms with Gasteiger partial charge in [-0.15, -0.1) is 0 Å². The molecule has 1 aliphatic rings. The highest BCUT2D eigenvalue weighted by molar-refractivity contribution is 5.11. The summed E-state index contributed by atoms with van der Waals surface area (Å²) in [6, 6.07) is 0. The number of piperidine rings is 1. The summed E-state index contributed by atoms with van der Waals surface area (Å²) in [5.41, 5.74) is 0. The Morgan fingerprint density at radius 1 is 1.06 bits per heavy atom. The van der Waals surface area contributed by atoms with Crippen LogP contribution in [0.4, 0.5) is 0 Å². The quantitative estimate of drug-likeness (QED) is 0.630. The first kappa shape index (κ1) is 15.1. The molecule has 2 nitrogen and oxygen atoms in total. The third-order valence-corrected chi connectivity index (χ3v) is 3.43. The van der Waals surface area contributed by atoms with Crippen LogP contribution in [0.1, 0.15) is 52.9 Å². The summed E-state index contributed by atoms with van der Waals surface area (Å²) in [6.45, 7) is 11.4. The van der Waals surface area contributed by atoms with E-state index in [9.17, 15) is 0 Å². The maximum Gasteiger partial charge on any atom is 0.104 e. The normalized spacial score (nSPS) is 17.5. The number of rotatable bonds is 7. The van der Waals surface area contributed by atoms with Crippen LogP contribution < -0.4 is 0 Å². The molecular formula is C16H30N2. The van der Waals surface area contributed by atoms with Crippen molar-refractivity contribution >= 4 is 0 Å². The Balaban J connectivity index is 2.79. The Kier molecular flexibility index (Phi) is 7.63. The molecule has 1 saturated heterocycles. The molecule has 0 radical (unpaired) electrons. The largest absolute Gasteiger partial charge is 0.358 e. The van der Waals surface area contributed by atoms with Crippen molar-refractivity contribution in [1.29, 1.82) is 0 Å². The minimum absolute atomic E-state index is 1.17. The summed E-state index contributed by atoms with van der Waals surface area (Å²) in [5, 5.41) is 0. The molecule has 18 heavy (non-hydrogen) atoms. The lowest BCUT2D eigenvalue weighted by Gasteiger charge is -2.38. The van der Waals surface area contributed by atoms with E-state index in [1.54, 1.807) is 0 Å². The van der Waals surface area contributed by atoms with Gasteiger partial charge in [0.1, 0.15) is 5.82 Å². The van der Waals surface area contributed by atoms with Crippen molar-refractivity contribution in [1.82, 2.24) is 9.80 Å². The molecule has 0 bridgehead atoms. The fraction of sp³-hybridized carbons (Fsp3) is 0.750. The number of hydrogen-bond acceptors (Lipinski definition) is 2. The molecule has 0 spiro atoms. The van der Waals surface area contributed by atoms with E-state index < -0.39 is 0 Å². The van der Waals surface area contributed by atoms with Crippen molar-refractivity contribution < 1.29 is 0 Å². The highest BCUT2D eigenvalue weighted by Crippen LogP contribution is 2.18. The minimum Gasteiger partial charge on any atom is -0.358 e. The lowest BCUT2D eigenvalue weighted by molar-refractivity contribution is 0.184. The second-order valence-electron chi connectivity index (χ2n) is 5.09. The van der Waals surface area contributed by atoms with Crippen molar-refractivity contribution in [3.63, 3.8) is 0 Å². The summed E-state index contributed by atoms with van der Waals surface area (Å²) in [5.74, 6) is 1.44. The Bertz CT molecular complexity index is 256. The van der Waals surface area contributed by atoms with Crippen molar-refractivity contribution in [3.8, 4) is 0 Å². The molecule has 0 saturated carbocycles. The molecular weight excluding hydrogens is 220 g/mol. The first-order valence-electron chi connectivity index (χ1n) is 7.66. The summed E-state index contributed by atoms with van der Waals surface area (Å²) < 4.78 is 0. The number of hydrogen-bond donors (Lipinski definition) is 0. The highest BCUT2D eigenvalue weighted by atomic mass is 15.3. The number of nitrogens with zero attached hydrogens (tertiary/aromatic N) is 2. The fourth-order valence-corrected chi connectivity index (χ4v) is 2.60. The van der Waals surface area contributed by atoms with Gasteiger partial charge in [0.25, 0.3) is 0 Å². The molecule has 0 aromatic rings. The third kappa shape index (κ3) is 4.75. The van der Waals surface area contributed by atoms with Gasteiger partial charge >= 0.3 is 0 Å². The Labute approximate surface area is 113 Å². The summed E-state index contributed by atoms with van der Waals surface area (Å²) >= 11 is 0. The van der Waals surface area contributed by atoms with E-state index in [0.717, 1.165) is 0 Å². The first-order chi connectivity index (χ1) is 8.83. The Morgan fingerprint density at radius 3 is 2.17 bits per heavy atom. The molecule has 1 heterocycles. The molecule has 0 amide bonds. The van der Waals surface area contributed by atoms with Gasteiger partial charge in [0.15, 0.2) is 0 Å². The zero-order chi connectivity index (χ0) is 13.2. The second kappa shape index (κ2) is 9.07. The van der Waals surface area contributed by atoms with E-state index in [-0.39, 0.29) is 0 Å². The number of likely N-dealkylation sites (tertiary alicyclic amines) is 1. The van der Waals surface area contributed by atoms with Gasteiger partial charge in [-0.25, -0.2) is 0 Å². The van der Waals surface area contributed by atoms with Crippen LogP contribution in [0.3, 0.4) is 0 Å². The fourth-order valence-electron chi connectivity index (χ4n) is 2.60. The predicted octanol–water partition coefficient (Wildman–Crippen LogP) is 4.01. The van der Waals surface area contributed by atoms with Gasteiger partial charge in [-0.2, -0.15) is 0 Å². The van der Waals surface area contributed by atoms with E-state index in [4.69, 9.17) is 0 Å². The van der Waals surface area contributed by atoms with Gasteiger partial charge in [0.2, 0.25) is 0 Å². The summed E-state index contributed by atoms with van der Waals surface area (Å²) in [6.07, 6.45) is 13.1. The number of allylic oxidation sites excluding steroid dienone is 3. The van der Waals surface area contributed by atoms with Gasteiger partial charge < -0.3 is 9.80 Å². The van der Waals surface area contributed by atoms with Gasteiger partial charge in [0, 0.05) is 26.2 Å². The summed E-state index contributed by atoms with van der Waals surface area (Å²) in [4.78, 5) is 5.14. The van der Waals surface area contributed by atoms with Gasteiger partial charge in [-0.05, 0) is 45.1 Å². The average Bonchev–Trinajstić information content (AvgIpc) is 2.41. The van der Waals surface area contributed by atoms with E-state index in [0.29, 0.717) is 0 Å². The molecule has 1 rings (SSSR count). The first-order valence-corrected chi connectivity index (χ1v) is 7.66. The zero-order valence-electron chi connectivity index (χ0n) is 12.5. The third-order valence-electron chi connectivity index (χ3n) is 3.43. The van der Waals surface area contributed by atoms with Crippen LogP contribution in [0.2, 0.25) is 0 Å². The average molecular weight is 250 g/mol. The maximum atomic E-state index is 2.58. The molecule has 0 aromatic heterocycles. The van der Waals surface area contributed by atoms with Crippen LogP contribution in [0, 0.1) is 0 Å². The standard InChI is InChI=1S/C16H30N2/c1-4-7-11-16(17(12-5-2)13-6-3)18-14-9-8-10-15-18/h4,7,11H,5-6,8-10,12-15H2,1-3H3/b7-4+,16-11-. The van der Waals surface area contributed by atoms with Crippen molar-refractivity contribution in [2.45, 2.75) is 52.9 Å². The molecule has 1 aliphatic heterocycles. The summed E-state index contributed by atoms with van der Waals surface area (Å²) in [7, 11) is 0. The van der Waals surface area contributed by atoms with Crippen LogP contribution in [0.5, 0.6) is 0 Å². The zero-order valence-corrected chi connectivity index (χ0v) is 12.5. The highest BCUT2D eigenvalue weighted by Gasteiger charge is 2.17. The topological polar surface area (TPSA) is 6.48 Å². The molecule has 2 heteroatoms. The predicted molar refractivity (Wildman–Crippen MR) is 80.5 cm³/mol. The smallest absolute Gasteiger partial charge is 0.104 e. The van der Waals surface area contributed by atoms with Gasteiger partial charge in [0.05, 0.1) is 0 Å². The van der Waals surface area contributed by atoms with E-state index >= 15 is 0 Å². The van der Waals surface area contributed by atoms with Crippen LogP contribution in [0.25, 0.3) is 0 Å². The lowest BCUT2D eigenvalue weighted by Crippen LogP contribution is -2.39. The molecule has 0 atom stereocenters. The van der Waals surface area contributed by atoms with Crippen LogP contribution in [0.15, 0.2) is 24.0 Å². The van der Waals surface area contributed by atoms with E-state index in [1.807, 2.05) is 0 Å². The molecule has 0 aliphatic carbocycles. The van der Waals surface area contributed by atoms with Crippen LogP contribution in [-0.4, -0.2) is 36.0 Å². The molecule has 0 N–H and O–H groups in total. The van der Waals surface area contributed by atoms with Crippen molar-refractivity contribution in [2.24, 2.45) is 0 Å². The molecule has 0 unspecified atom stereocenters.